The summed E-state index contributed by atoms with van der Waals surface area (Å²) in [6.45, 7) is 3.71. The van der Waals surface area contributed by atoms with Crippen LogP contribution < -0.4 is 10.1 Å². The highest BCUT2D eigenvalue weighted by atomic mass is 16.5. The van der Waals surface area contributed by atoms with Gasteiger partial charge in [0.1, 0.15) is 6.10 Å². The molecule has 0 bridgehead atoms. The van der Waals surface area contributed by atoms with Crippen molar-refractivity contribution in [1.29, 1.82) is 0 Å². The summed E-state index contributed by atoms with van der Waals surface area (Å²) in [7, 11) is 0. The van der Waals surface area contributed by atoms with Crippen LogP contribution in [0, 0.1) is 0 Å². The molecule has 1 N–H and O–H groups in total. The fourth-order valence-corrected chi connectivity index (χ4v) is 2.70. The molecule has 0 aromatic carbocycles. The van der Waals surface area contributed by atoms with Crippen LogP contribution in [-0.2, 0) is 11.3 Å². The highest BCUT2D eigenvalue weighted by Gasteiger charge is 2.27. The van der Waals surface area contributed by atoms with Gasteiger partial charge in [-0.15, -0.1) is 0 Å². The molecule has 2 aromatic rings. The van der Waals surface area contributed by atoms with Crippen LogP contribution in [0.15, 0.2) is 29.1 Å². The van der Waals surface area contributed by atoms with Crippen molar-refractivity contribution in [2.75, 3.05) is 13.2 Å². The van der Waals surface area contributed by atoms with Crippen molar-refractivity contribution in [1.82, 2.24) is 15.3 Å². The van der Waals surface area contributed by atoms with Crippen LogP contribution in [0.25, 0.3) is 0 Å². The summed E-state index contributed by atoms with van der Waals surface area (Å²) in [5, 5.41) is 2.86. The number of aromatic nitrogens is 2. The summed E-state index contributed by atoms with van der Waals surface area (Å²) in [4.78, 5) is 20.8. The lowest BCUT2D eigenvalue weighted by Crippen LogP contribution is -2.25. The van der Waals surface area contributed by atoms with E-state index in [2.05, 4.69) is 22.2 Å². The molecular formula is C18H23N3O4. The number of nitrogens with one attached hydrogen (secondary N) is 1. The van der Waals surface area contributed by atoms with E-state index >= 15 is 0 Å². The molecule has 0 saturated carbocycles. The largest absolute Gasteiger partial charge is 0.477 e. The predicted octanol–water partition coefficient (Wildman–Crippen LogP) is 3.03. The molecule has 1 unspecified atom stereocenters. The average molecular weight is 345 g/mol. The first-order chi connectivity index (χ1) is 12.3. The van der Waals surface area contributed by atoms with Gasteiger partial charge < -0.3 is 19.2 Å². The van der Waals surface area contributed by atoms with Gasteiger partial charge in [-0.25, -0.2) is 9.97 Å². The van der Waals surface area contributed by atoms with Gasteiger partial charge in [0.2, 0.25) is 5.88 Å². The van der Waals surface area contributed by atoms with E-state index in [0.717, 1.165) is 31.2 Å². The number of ether oxygens (including phenoxy) is 2. The Morgan fingerprint density at radius 2 is 2.36 bits per heavy atom. The topological polar surface area (TPSA) is 86.5 Å². The molecule has 134 valence electrons. The highest BCUT2D eigenvalue weighted by molar-refractivity contribution is 5.93. The Morgan fingerprint density at radius 3 is 3.16 bits per heavy atom. The van der Waals surface area contributed by atoms with Crippen molar-refractivity contribution in [2.24, 2.45) is 0 Å². The summed E-state index contributed by atoms with van der Waals surface area (Å²) < 4.78 is 16.6. The molecule has 25 heavy (non-hydrogen) atoms. The standard InChI is InChI=1S/C18H23N3O4/c1-2-3-9-24-18-13(6-4-8-19-18)11-20-17(22)15-16(25-12-21-15)14-7-5-10-23-14/h4,6,8,12,14H,2-3,5,7,9-11H2,1H3,(H,20,22). The first-order valence-corrected chi connectivity index (χ1v) is 8.69. The quantitative estimate of drug-likeness (QED) is 0.740. The molecule has 1 fully saturated rings. The van der Waals surface area contributed by atoms with E-state index in [0.29, 0.717) is 31.4 Å². The number of hydrogen-bond donors (Lipinski definition) is 1. The lowest BCUT2D eigenvalue weighted by Gasteiger charge is -2.11. The van der Waals surface area contributed by atoms with E-state index in [1.807, 2.05) is 12.1 Å². The molecule has 1 atom stereocenters. The van der Waals surface area contributed by atoms with Gasteiger partial charge in [0.15, 0.2) is 17.8 Å². The molecule has 0 spiro atoms. The Kier molecular flexibility index (Phi) is 6.00. The zero-order chi connectivity index (χ0) is 17.5. The van der Waals surface area contributed by atoms with Crippen molar-refractivity contribution < 1.29 is 18.7 Å². The third-order valence-corrected chi connectivity index (χ3v) is 4.06. The number of unbranched alkanes of at least 4 members (excludes halogenated alkanes) is 1. The van der Waals surface area contributed by atoms with Gasteiger partial charge >= 0.3 is 0 Å². The van der Waals surface area contributed by atoms with Gasteiger partial charge in [-0.1, -0.05) is 19.4 Å². The predicted molar refractivity (Wildman–Crippen MR) is 90.2 cm³/mol. The van der Waals surface area contributed by atoms with E-state index < -0.39 is 0 Å². The van der Waals surface area contributed by atoms with E-state index in [9.17, 15) is 4.79 Å². The average Bonchev–Trinajstić information content (AvgIpc) is 3.31. The SMILES string of the molecule is CCCCOc1ncccc1CNC(=O)c1ncoc1C1CCCO1. The Hall–Kier alpha value is -2.41. The molecule has 3 heterocycles. The summed E-state index contributed by atoms with van der Waals surface area (Å²) in [5.41, 5.74) is 1.11. The third kappa shape index (κ3) is 4.36. The summed E-state index contributed by atoms with van der Waals surface area (Å²) in [6.07, 6.45) is 6.60. The number of hydrogen-bond acceptors (Lipinski definition) is 6. The fourth-order valence-electron chi connectivity index (χ4n) is 2.70. The first-order valence-electron chi connectivity index (χ1n) is 8.69. The summed E-state index contributed by atoms with van der Waals surface area (Å²) >= 11 is 0. The van der Waals surface area contributed by atoms with Crippen LogP contribution in [0.4, 0.5) is 0 Å². The molecule has 1 aliphatic rings. The number of rotatable bonds is 8. The molecule has 1 saturated heterocycles. The molecule has 7 heteroatoms. The van der Waals surface area contributed by atoms with E-state index in [1.165, 1.54) is 6.39 Å². The number of nitrogens with zero attached hydrogens (tertiary/aromatic N) is 2. The molecular weight excluding hydrogens is 322 g/mol. The smallest absolute Gasteiger partial charge is 0.273 e. The van der Waals surface area contributed by atoms with Crippen molar-refractivity contribution >= 4 is 5.91 Å². The van der Waals surface area contributed by atoms with Crippen LogP contribution in [0.5, 0.6) is 5.88 Å². The van der Waals surface area contributed by atoms with E-state index in [4.69, 9.17) is 13.9 Å². The number of carbonyl (C=O) groups excluding carboxylic acids is 1. The van der Waals surface area contributed by atoms with Crippen LogP contribution >= 0.6 is 0 Å². The summed E-state index contributed by atoms with van der Waals surface area (Å²) in [5.74, 6) is 0.763. The minimum absolute atomic E-state index is 0.186. The fraction of sp³-hybridized carbons (Fsp3) is 0.500. The zero-order valence-electron chi connectivity index (χ0n) is 14.4. The Bertz CT molecular complexity index is 695. The number of amides is 1. The maximum absolute atomic E-state index is 12.5. The minimum Gasteiger partial charge on any atom is -0.477 e. The number of pyridine rings is 1. The lowest BCUT2D eigenvalue weighted by atomic mass is 10.1. The second kappa shape index (κ2) is 8.62. The van der Waals surface area contributed by atoms with Crippen molar-refractivity contribution in [3.8, 4) is 5.88 Å². The Labute approximate surface area is 146 Å². The van der Waals surface area contributed by atoms with Gasteiger partial charge in [0, 0.05) is 24.9 Å². The number of oxazole rings is 1. The molecule has 1 amide bonds. The lowest BCUT2D eigenvalue weighted by molar-refractivity contribution is 0.0860. The maximum Gasteiger partial charge on any atom is 0.273 e. The molecule has 0 radical (unpaired) electrons. The van der Waals surface area contributed by atoms with Gasteiger partial charge in [-0.3, -0.25) is 4.79 Å². The van der Waals surface area contributed by atoms with E-state index in [1.54, 1.807) is 6.20 Å². The van der Waals surface area contributed by atoms with Crippen LogP contribution in [0.1, 0.15) is 60.5 Å². The van der Waals surface area contributed by atoms with Gasteiger partial charge in [-0.2, -0.15) is 0 Å². The molecule has 3 rings (SSSR count). The van der Waals surface area contributed by atoms with Gasteiger partial charge in [0.25, 0.3) is 5.91 Å². The van der Waals surface area contributed by atoms with Crippen LogP contribution in [-0.4, -0.2) is 29.1 Å². The summed E-state index contributed by atoms with van der Waals surface area (Å²) in [6, 6.07) is 3.71. The molecule has 1 aliphatic heterocycles. The van der Waals surface area contributed by atoms with E-state index in [-0.39, 0.29) is 17.7 Å². The zero-order valence-corrected chi connectivity index (χ0v) is 14.4. The first kappa shape index (κ1) is 17.4. The second-order valence-electron chi connectivity index (χ2n) is 5.92. The maximum atomic E-state index is 12.5. The van der Waals surface area contributed by atoms with Crippen molar-refractivity contribution in [3.05, 3.63) is 41.7 Å². The second-order valence-corrected chi connectivity index (χ2v) is 5.92. The number of carbonyl (C=O) groups is 1. The highest BCUT2D eigenvalue weighted by Crippen LogP contribution is 2.30. The van der Waals surface area contributed by atoms with Crippen LogP contribution in [0.3, 0.4) is 0 Å². The Balaban J connectivity index is 1.62. The van der Waals surface area contributed by atoms with Gasteiger partial charge in [0.05, 0.1) is 6.61 Å². The van der Waals surface area contributed by atoms with Crippen LogP contribution in [0.2, 0.25) is 0 Å². The minimum atomic E-state index is -0.289. The van der Waals surface area contributed by atoms with Crippen molar-refractivity contribution in [3.63, 3.8) is 0 Å². The normalized spacial score (nSPS) is 16.8. The monoisotopic (exact) mass is 345 g/mol. The molecule has 7 nitrogen and oxygen atoms in total. The van der Waals surface area contributed by atoms with Gasteiger partial charge in [-0.05, 0) is 25.3 Å². The van der Waals surface area contributed by atoms with Crippen molar-refractivity contribution in [2.45, 2.75) is 45.3 Å². The molecule has 0 aliphatic carbocycles. The molecule has 2 aromatic heterocycles. The Morgan fingerprint density at radius 1 is 1.44 bits per heavy atom. The third-order valence-electron chi connectivity index (χ3n) is 4.06.